The molecule has 0 aromatic heterocycles. The smallest absolute Gasteiger partial charge is 0.259 e. The van der Waals surface area contributed by atoms with Crippen LogP contribution in [0.15, 0.2) is 0 Å². The minimum atomic E-state index is -1.14. The highest BCUT2D eigenvalue weighted by atomic mass is 31.2. The van der Waals surface area contributed by atoms with Crippen LogP contribution >= 0.6 is 8.53 Å². The molecule has 0 aliphatic heterocycles. The summed E-state index contributed by atoms with van der Waals surface area (Å²) in [7, 11) is -1.14. The summed E-state index contributed by atoms with van der Waals surface area (Å²) in [4.78, 5) is 0. The number of ether oxygens (including phenoxy) is 1. The maximum absolute atomic E-state index is 8.78. The predicted molar refractivity (Wildman–Crippen MR) is 117 cm³/mol. The van der Waals surface area contributed by atoms with Gasteiger partial charge in [0.15, 0.2) is 0 Å². The molecule has 0 bridgehead atoms. The summed E-state index contributed by atoms with van der Waals surface area (Å²) in [5.41, 5.74) is 0. The lowest BCUT2D eigenvalue weighted by Gasteiger charge is -2.35. The highest BCUT2D eigenvalue weighted by molar-refractivity contribution is 7.44. The van der Waals surface area contributed by atoms with Gasteiger partial charge in [-0.2, -0.15) is 5.26 Å². The molecule has 1 aliphatic carbocycles. The van der Waals surface area contributed by atoms with Crippen molar-refractivity contribution in [3.8, 4) is 6.07 Å². The molecule has 1 rings (SSSR count). The Bertz CT molecular complexity index is 447. The fourth-order valence-electron chi connectivity index (χ4n) is 4.36. The third kappa shape index (κ3) is 7.54. The summed E-state index contributed by atoms with van der Waals surface area (Å²) in [5.74, 6) is 3.68. The lowest BCUT2D eigenvalue weighted by Crippen LogP contribution is -2.33. The van der Waals surface area contributed by atoms with Crippen LogP contribution in [0.3, 0.4) is 0 Å². The SMILES string of the molecule is CC1C(C)C(C)C(COCCCOP(OCCC#N)N(C(C)C)C(C)C)C1C. The quantitative estimate of drug-likeness (QED) is 0.279. The van der Waals surface area contributed by atoms with Crippen LogP contribution in [0, 0.1) is 40.9 Å². The summed E-state index contributed by atoms with van der Waals surface area (Å²) in [6, 6.07) is 2.80. The van der Waals surface area contributed by atoms with Crippen LogP contribution in [-0.4, -0.2) is 43.2 Å². The zero-order chi connectivity index (χ0) is 21.3. The standard InChI is InChI=1S/C22H43N2O3P/c1-16(2)24(17(3)4)28(26-13-9-11-23)27-14-10-12-25-15-22-20(7)18(5)19(6)21(22)8/h16-22H,9-10,12-15H2,1-8H3. The summed E-state index contributed by atoms with van der Waals surface area (Å²) in [6.45, 7) is 20.7. The second-order valence-electron chi connectivity index (χ2n) is 8.91. The highest BCUT2D eigenvalue weighted by Gasteiger charge is 2.41. The molecular formula is C22H43N2O3P. The Labute approximate surface area is 175 Å². The van der Waals surface area contributed by atoms with Gasteiger partial charge in [-0.25, -0.2) is 4.67 Å². The molecule has 5 unspecified atom stereocenters. The van der Waals surface area contributed by atoms with Gasteiger partial charge in [0.05, 0.1) is 25.7 Å². The van der Waals surface area contributed by atoms with Gasteiger partial charge in [0.2, 0.25) is 0 Å². The molecule has 0 spiro atoms. The lowest BCUT2D eigenvalue weighted by atomic mass is 9.90. The molecule has 0 N–H and O–H groups in total. The Balaban J connectivity index is 2.38. The van der Waals surface area contributed by atoms with Gasteiger partial charge in [0.25, 0.3) is 8.53 Å². The fourth-order valence-corrected chi connectivity index (χ4v) is 5.98. The van der Waals surface area contributed by atoms with E-state index in [-0.39, 0.29) is 0 Å². The van der Waals surface area contributed by atoms with E-state index in [9.17, 15) is 0 Å². The van der Waals surface area contributed by atoms with E-state index in [0.29, 0.717) is 37.6 Å². The molecule has 5 nitrogen and oxygen atoms in total. The number of nitriles is 1. The van der Waals surface area contributed by atoms with Gasteiger partial charge >= 0.3 is 0 Å². The number of rotatable bonds is 13. The second-order valence-corrected chi connectivity index (χ2v) is 10.4. The van der Waals surface area contributed by atoms with Crippen LogP contribution in [0.2, 0.25) is 0 Å². The largest absolute Gasteiger partial charge is 0.381 e. The van der Waals surface area contributed by atoms with Crippen LogP contribution in [0.4, 0.5) is 0 Å². The minimum Gasteiger partial charge on any atom is -0.381 e. The maximum Gasteiger partial charge on any atom is 0.259 e. The van der Waals surface area contributed by atoms with E-state index >= 15 is 0 Å². The number of hydrogen-bond acceptors (Lipinski definition) is 5. The normalized spacial score (nSPS) is 29.0. The Kier molecular flexibility index (Phi) is 12.1. The topological polar surface area (TPSA) is 54.7 Å². The van der Waals surface area contributed by atoms with Crippen molar-refractivity contribution in [2.24, 2.45) is 29.6 Å². The minimum absolute atomic E-state index is 0.332. The third-order valence-corrected chi connectivity index (χ3v) is 8.55. The van der Waals surface area contributed by atoms with Gasteiger partial charge in [-0.15, -0.1) is 0 Å². The van der Waals surface area contributed by atoms with Crippen molar-refractivity contribution >= 4 is 8.53 Å². The Hall–Kier alpha value is -0.240. The molecule has 28 heavy (non-hydrogen) atoms. The zero-order valence-electron chi connectivity index (χ0n) is 19.4. The molecule has 0 amide bonds. The van der Waals surface area contributed by atoms with E-state index in [4.69, 9.17) is 19.0 Å². The molecule has 6 heteroatoms. The van der Waals surface area contributed by atoms with Gasteiger partial charge in [0, 0.05) is 25.3 Å². The van der Waals surface area contributed by atoms with E-state index < -0.39 is 8.53 Å². The average Bonchev–Trinajstić information content (AvgIpc) is 2.81. The molecule has 164 valence electrons. The van der Waals surface area contributed by atoms with E-state index in [1.54, 1.807) is 0 Å². The molecule has 0 heterocycles. The third-order valence-electron chi connectivity index (χ3n) is 6.45. The van der Waals surface area contributed by atoms with Crippen LogP contribution in [0.25, 0.3) is 0 Å². The van der Waals surface area contributed by atoms with Crippen molar-refractivity contribution < 1.29 is 13.8 Å². The van der Waals surface area contributed by atoms with Gasteiger partial charge in [0.1, 0.15) is 0 Å². The average molecular weight is 415 g/mol. The summed E-state index contributed by atoms with van der Waals surface area (Å²) >= 11 is 0. The van der Waals surface area contributed by atoms with Crippen molar-refractivity contribution in [3.63, 3.8) is 0 Å². The summed E-state index contributed by atoms with van der Waals surface area (Å²) in [5, 5.41) is 8.78. The molecular weight excluding hydrogens is 371 g/mol. The Morgan fingerprint density at radius 1 is 0.857 bits per heavy atom. The van der Waals surface area contributed by atoms with Gasteiger partial charge in [-0.3, -0.25) is 0 Å². The van der Waals surface area contributed by atoms with E-state index in [1.165, 1.54) is 0 Å². The molecule has 1 aliphatic rings. The van der Waals surface area contributed by atoms with Crippen molar-refractivity contribution in [1.29, 1.82) is 5.26 Å². The Morgan fingerprint density at radius 2 is 1.39 bits per heavy atom. The summed E-state index contributed by atoms with van der Waals surface area (Å²) < 4.78 is 20.3. The van der Waals surface area contributed by atoms with Crippen molar-refractivity contribution in [3.05, 3.63) is 0 Å². The van der Waals surface area contributed by atoms with Crippen LogP contribution in [-0.2, 0) is 13.8 Å². The summed E-state index contributed by atoms with van der Waals surface area (Å²) in [6.07, 6.45) is 1.26. The highest BCUT2D eigenvalue weighted by Crippen LogP contribution is 2.46. The van der Waals surface area contributed by atoms with Crippen LogP contribution in [0.5, 0.6) is 0 Å². The first-order chi connectivity index (χ1) is 13.2. The molecule has 1 saturated carbocycles. The first-order valence-electron chi connectivity index (χ1n) is 11.0. The van der Waals surface area contributed by atoms with Crippen molar-refractivity contribution in [2.45, 2.75) is 80.3 Å². The zero-order valence-corrected chi connectivity index (χ0v) is 20.2. The van der Waals surface area contributed by atoms with Crippen molar-refractivity contribution in [1.82, 2.24) is 4.67 Å². The Morgan fingerprint density at radius 3 is 1.89 bits per heavy atom. The molecule has 0 aromatic carbocycles. The number of hydrogen-bond donors (Lipinski definition) is 0. The predicted octanol–water partition coefficient (Wildman–Crippen LogP) is 5.86. The van der Waals surface area contributed by atoms with Gasteiger partial charge < -0.3 is 13.8 Å². The maximum atomic E-state index is 8.78. The monoisotopic (exact) mass is 414 g/mol. The van der Waals surface area contributed by atoms with Crippen LogP contribution in [0.1, 0.15) is 68.2 Å². The van der Waals surface area contributed by atoms with E-state index in [1.807, 2.05) is 0 Å². The fraction of sp³-hybridized carbons (Fsp3) is 0.955. The number of nitrogens with zero attached hydrogens (tertiary/aromatic N) is 2. The van der Waals surface area contributed by atoms with Crippen molar-refractivity contribution in [2.75, 3.05) is 26.4 Å². The van der Waals surface area contributed by atoms with Gasteiger partial charge in [-0.1, -0.05) is 27.7 Å². The molecule has 5 atom stereocenters. The molecule has 1 fully saturated rings. The molecule has 0 saturated heterocycles. The molecule has 0 radical (unpaired) electrons. The van der Waals surface area contributed by atoms with E-state index in [0.717, 1.165) is 43.3 Å². The van der Waals surface area contributed by atoms with Crippen LogP contribution < -0.4 is 0 Å². The first kappa shape index (κ1) is 25.8. The first-order valence-corrected chi connectivity index (χ1v) is 12.1. The molecule has 0 aromatic rings. The van der Waals surface area contributed by atoms with Gasteiger partial charge in [-0.05, 0) is 63.7 Å². The second kappa shape index (κ2) is 13.1. The van der Waals surface area contributed by atoms with E-state index in [2.05, 4.69) is 66.1 Å². The lowest BCUT2D eigenvalue weighted by molar-refractivity contribution is 0.0614.